The van der Waals surface area contributed by atoms with E-state index in [1.807, 2.05) is 0 Å². The van der Waals surface area contributed by atoms with E-state index in [1.54, 1.807) is 0 Å². The highest BCUT2D eigenvalue weighted by Gasteiger charge is 2.65. The van der Waals surface area contributed by atoms with Gasteiger partial charge < -0.3 is 4.74 Å². The van der Waals surface area contributed by atoms with Gasteiger partial charge in [0, 0.05) is 11.1 Å². The summed E-state index contributed by atoms with van der Waals surface area (Å²) in [5, 5.41) is 6.25. The van der Waals surface area contributed by atoms with Gasteiger partial charge >= 0.3 is 11.8 Å². The van der Waals surface area contributed by atoms with E-state index in [-0.39, 0.29) is 5.56 Å². The highest BCUT2D eigenvalue weighted by molar-refractivity contribution is 5.57. The highest BCUT2D eigenvalue weighted by Crippen LogP contribution is 2.52. The Morgan fingerprint density at radius 3 is 2.41 bits per heavy atom. The molecule has 1 heterocycles. The van der Waals surface area contributed by atoms with Crippen LogP contribution in [0.2, 0.25) is 0 Å². The number of hydrogen-bond acceptors (Lipinski definition) is 3. The summed E-state index contributed by atoms with van der Waals surface area (Å²) in [5.74, 6) is 0.318. The first-order chi connectivity index (χ1) is 7.94. The van der Waals surface area contributed by atoms with Gasteiger partial charge in [-0.25, -0.2) is 0 Å². The number of alkyl halides is 3. The summed E-state index contributed by atoms with van der Waals surface area (Å²) in [5.41, 5.74) is -1.83. The standard InChI is InChI=1S/C11H9F3N2O/c1-3-7-4-5-8(6-9(7)17-2)10(15-16-10)11(12,13)14/h3-6H,1H2,2H3. The van der Waals surface area contributed by atoms with Crippen LogP contribution >= 0.6 is 0 Å². The van der Waals surface area contributed by atoms with Crippen molar-refractivity contribution in [1.29, 1.82) is 0 Å². The van der Waals surface area contributed by atoms with E-state index in [4.69, 9.17) is 4.74 Å². The molecule has 90 valence electrons. The van der Waals surface area contributed by atoms with E-state index in [1.165, 1.54) is 31.4 Å². The van der Waals surface area contributed by atoms with Gasteiger partial charge in [0.2, 0.25) is 0 Å². The minimum absolute atomic E-state index is 0.0487. The topological polar surface area (TPSA) is 34.0 Å². The number of rotatable bonds is 3. The second kappa shape index (κ2) is 3.58. The van der Waals surface area contributed by atoms with Gasteiger partial charge in [0.05, 0.1) is 7.11 Å². The molecule has 0 atom stereocenters. The molecular weight excluding hydrogens is 233 g/mol. The average molecular weight is 242 g/mol. The molecule has 17 heavy (non-hydrogen) atoms. The average Bonchev–Trinajstić information content (AvgIpc) is 3.08. The van der Waals surface area contributed by atoms with Crippen LogP contribution in [0.15, 0.2) is 35.0 Å². The van der Waals surface area contributed by atoms with Gasteiger partial charge in [0.1, 0.15) is 5.75 Å². The maximum atomic E-state index is 12.8. The van der Waals surface area contributed by atoms with Crippen LogP contribution in [0.1, 0.15) is 11.1 Å². The summed E-state index contributed by atoms with van der Waals surface area (Å²) in [4.78, 5) is 0. The SMILES string of the molecule is C=Cc1ccc(C2(C(F)(F)F)N=N2)cc1OC. The lowest BCUT2D eigenvalue weighted by molar-refractivity contribution is -0.166. The molecule has 1 aromatic rings. The Bertz CT molecular complexity index is 488. The van der Waals surface area contributed by atoms with Crippen molar-refractivity contribution >= 4 is 6.08 Å². The first-order valence-corrected chi connectivity index (χ1v) is 4.76. The van der Waals surface area contributed by atoms with Gasteiger partial charge in [-0.2, -0.15) is 13.2 Å². The molecule has 0 radical (unpaired) electrons. The van der Waals surface area contributed by atoms with Crippen LogP contribution in [0.5, 0.6) is 5.75 Å². The molecule has 2 rings (SSSR count). The molecule has 0 amide bonds. The Morgan fingerprint density at radius 1 is 1.35 bits per heavy atom. The van der Waals surface area contributed by atoms with Crippen molar-refractivity contribution in [1.82, 2.24) is 0 Å². The van der Waals surface area contributed by atoms with Gasteiger partial charge in [-0.3, -0.25) is 0 Å². The molecule has 1 aliphatic rings. The number of ether oxygens (including phenoxy) is 1. The zero-order valence-corrected chi connectivity index (χ0v) is 8.95. The minimum atomic E-state index is -4.52. The number of halogens is 3. The molecule has 0 fully saturated rings. The maximum absolute atomic E-state index is 12.8. The lowest BCUT2D eigenvalue weighted by atomic mass is 10.0. The molecule has 0 saturated heterocycles. The molecule has 6 heteroatoms. The molecule has 0 aliphatic carbocycles. The van der Waals surface area contributed by atoms with Crippen LogP contribution in [-0.4, -0.2) is 13.3 Å². The predicted octanol–water partition coefficient (Wildman–Crippen LogP) is 3.52. The Labute approximate surface area is 95.6 Å². The lowest BCUT2D eigenvalue weighted by Gasteiger charge is -2.16. The molecule has 0 aromatic heterocycles. The quantitative estimate of drug-likeness (QED) is 0.798. The fourth-order valence-corrected chi connectivity index (χ4v) is 1.54. The molecule has 1 aliphatic heterocycles. The summed E-state index contributed by atoms with van der Waals surface area (Å²) in [7, 11) is 1.38. The molecule has 0 unspecified atom stereocenters. The molecule has 0 N–H and O–H groups in total. The zero-order valence-electron chi connectivity index (χ0n) is 8.95. The summed E-state index contributed by atoms with van der Waals surface area (Å²) >= 11 is 0. The largest absolute Gasteiger partial charge is 0.496 e. The van der Waals surface area contributed by atoms with Gasteiger partial charge in [-0.15, -0.1) is 10.2 Å². The van der Waals surface area contributed by atoms with Gasteiger partial charge in [0.15, 0.2) is 0 Å². The van der Waals surface area contributed by atoms with Crippen LogP contribution in [0.3, 0.4) is 0 Å². The maximum Gasteiger partial charge on any atom is 0.442 e. The van der Waals surface area contributed by atoms with E-state index in [9.17, 15) is 13.2 Å². The fraction of sp³-hybridized carbons (Fsp3) is 0.273. The monoisotopic (exact) mass is 242 g/mol. The molecule has 0 saturated carbocycles. The second-order valence-electron chi connectivity index (χ2n) is 3.53. The smallest absolute Gasteiger partial charge is 0.442 e. The van der Waals surface area contributed by atoms with Crippen LogP contribution in [-0.2, 0) is 5.66 Å². The van der Waals surface area contributed by atoms with Crippen molar-refractivity contribution in [3.8, 4) is 5.75 Å². The van der Waals surface area contributed by atoms with Crippen molar-refractivity contribution in [3.05, 3.63) is 35.9 Å². The van der Waals surface area contributed by atoms with Crippen molar-refractivity contribution < 1.29 is 17.9 Å². The Kier molecular flexibility index (Phi) is 2.45. The van der Waals surface area contributed by atoms with E-state index in [0.29, 0.717) is 11.3 Å². The van der Waals surface area contributed by atoms with Crippen LogP contribution < -0.4 is 4.74 Å². The molecule has 0 spiro atoms. The lowest BCUT2D eigenvalue weighted by Crippen LogP contribution is -2.30. The molecule has 1 aromatic carbocycles. The van der Waals surface area contributed by atoms with Gasteiger partial charge in [0.25, 0.3) is 0 Å². The highest BCUT2D eigenvalue weighted by atomic mass is 19.4. The Balaban J connectivity index is 2.45. The van der Waals surface area contributed by atoms with Crippen molar-refractivity contribution in [3.63, 3.8) is 0 Å². The second-order valence-corrected chi connectivity index (χ2v) is 3.53. The van der Waals surface area contributed by atoms with Crippen molar-refractivity contribution in [2.45, 2.75) is 11.8 Å². The zero-order chi connectivity index (χ0) is 12.7. The van der Waals surface area contributed by atoms with E-state index in [2.05, 4.69) is 16.8 Å². The molecular formula is C11H9F3N2O. The van der Waals surface area contributed by atoms with E-state index in [0.717, 1.165) is 0 Å². The number of hydrogen-bond donors (Lipinski definition) is 0. The first-order valence-electron chi connectivity index (χ1n) is 4.76. The third-order valence-corrected chi connectivity index (χ3v) is 2.55. The van der Waals surface area contributed by atoms with Crippen molar-refractivity contribution in [2.75, 3.05) is 7.11 Å². The molecule has 3 nitrogen and oxygen atoms in total. The fourth-order valence-electron chi connectivity index (χ4n) is 1.54. The summed E-state index contributed by atoms with van der Waals surface area (Å²) in [6.45, 7) is 3.55. The Hall–Kier alpha value is -1.85. The summed E-state index contributed by atoms with van der Waals surface area (Å²) < 4.78 is 43.2. The Morgan fingerprint density at radius 2 is 2.00 bits per heavy atom. The van der Waals surface area contributed by atoms with Crippen molar-refractivity contribution in [2.24, 2.45) is 10.2 Å². The minimum Gasteiger partial charge on any atom is -0.496 e. The van der Waals surface area contributed by atoms with Gasteiger partial charge in [-0.1, -0.05) is 24.8 Å². The van der Waals surface area contributed by atoms with E-state index < -0.39 is 11.8 Å². The summed E-state index contributed by atoms with van der Waals surface area (Å²) in [6, 6.07) is 4.11. The number of nitrogens with zero attached hydrogens (tertiary/aromatic N) is 2. The predicted molar refractivity (Wildman–Crippen MR) is 55.7 cm³/mol. The first kappa shape index (κ1) is 11.6. The van der Waals surface area contributed by atoms with Crippen LogP contribution in [0.25, 0.3) is 6.08 Å². The number of methoxy groups -OCH3 is 1. The van der Waals surface area contributed by atoms with E-state index >= 15 is 0 Å². The van der Waals surface area contributed by atoms with Crippen LogP contribution in [0.4, 0.5) is 13.2 Å². The molecule has 0 bridgehead atoms. The normalized spacial score (nSPS) is 16.7. The van der Waals surface area contributed by atoms with Gasteiger partial charge in [-0.05, 0) is 6.07 Å². The van der Waals surface area contributed by atoms with Crippen LogP contribution in [0, 0.1) is 0 Å². The number of benzene rings is 1. The summed E-state index contributed by atoms with van der Waals surface area (Å²) in [6.07, 6.45) is -3.02. The third kappa shape index (κ3) is 1.69. The third-order valence-electron chi connectivity index (χ3n) is 2.55.